The van der Waals surface area contributed by atoms with E-state index in [1.54, 1.807) is 24.3 Å². The average molecular weight is 415 g/mol. The van der Waals surface area contributed by atoms with E-state index in [-0.39, 0.29) is 10.3 Å². The molecule has 156 valence electrons. The molecule has 0 spiro atoms. The monoisotopic (exact) mass is 414 g/mol. The van der Waals surface area contributed by atoms with Crippen molar-refractivity contribution in [2.24, 2.45) is 17.8 Å². The first-order chi connectivity index (χ1) is 13.8. The highest BCUT2D eigenvalue weighted by Crippen LogP contribution is 2.61. The van der Waals surface area contributed by atoms with E-state index in [4.69, 9.17) is 4.74 Å². The molecule has 1 aromatic carbocycles. The van der Waals surface area contributed by atoms with Gasteiger partial charge in [0.1, 0.15) is 5.75 Å². The van der Waals surface area contributed by atoms with E-state index in [9.17, 15) is 8.42 Å². The summed E-state index contributed by atoms with van der Waals surface area (Å²) in [5.41, 5.74) is 3.04. The molecule has 6 rings (SSSR count). The molecule has 6 heteroatoms. The molecule has 4 saturated carbocycles. The Morgan fingerprint density at radius 3 is 2.10 bits per heavy atom. The van der Waals surface area contributed by atoms with Crippen LogP contribution in [0.15, 0.2) is 29.2 Å². The Balaban J connectivity index is 1.55. The van der Waals surface area contributed by atoms with E-state index in [2.05, 4.69) is 5.10 Å². The maximum absolute atomic E-state index is 13.4. The highest BCUT2D eigenvalue weighted by Gasteiger charge is 2.53. The van der Waals surface area contributed by atoms with Crippen molar-refractivity contribution in [1.29, 1.82) is 0 Å². The topological polar surface area (TPSA) is 61.2 Å². The van der Waals surface area contributed by atoms with Gasteiger partial charge in [0.25, 0.3) is 10.0 Å². The lowest BCUT2D eigenvalue weighted by atomic mass is 9.48. The Hall–Kier alpha value is -1.82. The molecule has 5 nitrogen and oxygen atoms in total. The molecule has 0 N–H and O–H groups in total. The molecule has 0 saturated heterocycles. The molecule has 1 heterocycles. The summed E-state index contributed by atoms with van der Waals surface area (Å²) in [6.45, 7) is 6.40. The van der Waals surface area contributed by atoms with Gasteiger partial charge >= 0.3 is 0 Å². The van der Waals surface area contributed by atoms with Crippen LogP contribution in [0.25, 0.3) is 0 Å². The highest BCUT2D eigenvalue weighted by atomic mass is 32.2. The molecule has 0 atom stereocenters. The van der Waals surface area contributed by atoms with Crippen LogP contribution in [-0.4, -0.2) is 24.2 Å². The summed E-state index contributed by atoms with van der Waals surface area (Å²) >= 11 is 0. The molecule has 4 aliphatic rings. The van der Waals surface area contributed by atoms with Crippen molar-refractivity contribution >= 4 is 10.0 Å². The fourth-order valence-electron chi connectivity index (χ4n) is 7.01. The Labute approximate surface area is 173 Å². The zero-order valence-electron chi connectivity index (χ0n) is 17.5. The smallest absolute Gasteiger partial charge is 0.283 e. The third-order valence-electron chi connectivity index (χ3n) is 7.48. The second-order valence-electron chi connectivity index (χ2n) is 9.50. The second kappa shape index (κ2) is 6.59. The van der Waals surface area contributed by atoms with Crippen LogP contribution in [0.5, 0.6) is 5.75 Å². The minimum atomic E-state index is -3.72. The number of aryl methyl sites for hydroxylation is 1. The van der Waals surface area contributed by atoms with E-state index < -0.39 is 10.0 Å². The minimum Gasteiger partial charge on any atom is -0.494 e. The quantitative estimate of drug-likeness (QED) is 0.717. The summed E-state index contributed by atoms with van der Waals surface area (Å²) in [5, 5.41) is 4.57. The first kappa shape index (κ1) is 19.2. The molecule has 29 heavy (non-hydrogen) atoms. The Bertz CT molecular complexity index is 1000. The van der Waals surface area contributed by atoms with E-state index >= 15 is 0 Å². The van der Waals surface area contributed by atoms with Crippen molar-refractivity contribution < 1.29 is 13.2 Å². The number of benzene rings is 1. The third-order valence-corrected chi connectivity index (χ3v) is 9.16. The highest BCUT2D eigenvalue weighted by molar-refractivity contribution is 7.89. The summed E-state index contributed by atoms with van der Waals surface area (Å²) in [5.74, 6) is 3.11. The van der Waals surface area contributed by atoms with Gasteiger partial charge in [0, 0.05) is 5.56 Å². The summed E-state index contributed by atoms with van der Waals surface area (Å²) in [7, 11) is -3.72. The Kier molecular flexibility index (Phi) is 4.36. The van der Waals surface area contributed by atoms with E-state index in [0.717, 1.165) is 29.1 Å². The fraction of sp³-hybridized carbons (Fsp3) is 0.609. The van der Waals surface area contributed by atoms with Crippen LogP contribution in [0.4, 0.5) is 0 Å². The van der Waals surface area contributed by atoms with Gasteiger partial charge in [-0.15, -0.1) is 0 Å². The number of aromatic nitrogens is 2. The molecule has 0 aliphatic heterocycles. The number of rotatable bonds is 5. The standard InChI is InChI=1S/C23H30N2O3S/c1-4-28-20-5-7-21(8-6-20)29(26,27)25-16(3)22(15(2)24-25)23-12-17-9-18(13-23)11-19(10-17)14-23/h5-8,17-19H,4,9-14H2,1-3H3. The lowest BCUT2D eigenvalue weighted by Crippen LogP contribution is -2.49. The summed E-state index contributed by atoms with van der Waals surface area (Å²) in [4.78, 5) is 0.253. The van der Waals surface area contributed by atoms with Gasteiger partial charge in [0.15, 0.2) is 0 Å². The van der Waals surface area contributed by atoms with E-state index in [1.807, 2.05) is 20.8 Å². The molecule has 1 aromatic heterocycles. The largest absolute Gasteiger partial charge is 0.494 e. The van der Waals surface area contributed by atoms with Gasteiger partial charge in [0.2, 0.25) is 0 Å². The molecule has 0 unspecified atom stereocenters. The van der Waals surface area contributed by atoms with Gasteiger partial charge in [-0.2, -0.15) is 17.6 Å². The van der Waals surface area contributed by atoms with E-state index in [1.165, 1.54) is 48.2 Å². The van der Waals surface area contributed by atoms with Gasteiger partial charge in [-0.25, -0.2) is 0 Å². The fourth-order valence-corrected chi connectivity index (χ4v) is 8.37. The van der Waals surface area contributed by atoms with Crippen LogP contribution < -0.4 is 4.74 Å². The van der Waals surface area contributed by atoms with Crippen molar-refractivity contribution in [3.63, 3.8) is 0 Å². The first-order valence-electron chi connectivity index (χ1n) is 10.9. The molecule has 2 aromatic rings. The lowest BCUT2D eigenvalue weighted by molar-refractivity contribution is -0.00574. The summed E-state index contributed by atoms with van der Waals surface area (Å²) in [6.07, 6.45) is 7.72. The predicted molar refractivity (Wildman–Crippen MR) is 112 cm³/mol. The van der Waals surface area contributed by atoms with Gasteiger partial charge in [-0.1, -0.05) is 0 Å². The van der Waals surface area contributed by atoms with Crippen molar-refractivity contribution in [2.45, 2.75) is 69.6 Å². The van der Waals surface area contributed by atoms with Crippen LogP contribution in [0.1, 0.15) is 62.4 Å². The van der Waals surface area contributed by atoms with Crippen molar-refractivity contribution in [2.75, 3.05) is 6.61 Å². The van der Waals surface area contributed by atoms with Crippen molar-refractivity contribution in [1.82, 2.24) is 9.19 Å². The molecule has 4 bridgehead atoms. The van der Waals surface area contributed by atoms with Crippen LogP contribution in [-0.2, 0) is 15.4 Å². The molecule has 0 radical (unpaired) electrons. The second-order valence-corrected chi connectivity index (χ2v) is 11.3. The Morgan fingerprint density at radius 1 is 1.03 bits per heavy atom. The van der Waals surface area contributed by atoms with Crippen LogP contribution >= 0.6 is 0 Å². The molecule has 4 aliphatic carbocycles. The maximum atomic E-state index is 13.4. The summed E-state index contributed by atoms with van der Waals surface area (Å²) < 4.78 is 33.5. The maximum Gasteiger partial charge on any atom is 0.283 e. The molecular weight excluding hydrogens is 384 g/mol. The van der Waals surface area contributed by atoms with Gasteiger partial charge in [0.05, 0.1) is 22.9 Å². The minimum absolute atomic E-state index is 0.134. The van der Waals surface area contributed by atoms with Crippen LogP contribution in [0, 0.1) is 31.6 Å². The number of ether oxygens (including phenoxy) is 1. The summed E-state index contributed by atoms with van der Waals surface area (Å²) in [6, 6.07) is 6.65. The van der Waals surface area contributed by atoms with Crippen molar-refractivity contribution in [3.8, 4) is 5.75 Å². The number of nitrogens with zero attached hydrogens (tertiary/aromatic N) is 2. The molecule has 0 amide bonds. The average Bonchev–Trinajstić information content (AvgIpc) is 2.97. The predicted octanol–water partition coefficient (Wildman–Crippen LogP) is 4.60. The zero-order valence-corrected chi connectivity index (χ0v) is 18.3. The SMILES string of the molecule is CCOc1ccc(S(=O)(=O)n2nc(C)c(C34CC5CC(CC(C5)C3)C4)c2C)cc1. The number of hydrogen-bond donors (Lipinski definition) is 0. The normalized spacial score (nSPS) is 30.7. The Morgan fingerprint density at radius 2 is 1.59 bits per heavy atom. The van der Waals surface area contributed by atoms with Crippen molar-refractivity contribution in [3.05, 3.63) is 41.2 Å². The van der Waals surface area contributed by atoms with Gasteiger partial charge < -0.3 is 4.74 Å². The van der Waals surface area contributed by atoms with Gasteiger partial charge in [-0.3, -0.25) is 0 Å². The lowest BCUT2D eigenvalue weighted by Gasteiger charge is -2.57. The van der Waals surface area contributed by atoms with Crippen LogP contribution in [0.2, 0.25) is 0 Å². The molecule has 4 fully saturated rings. The number of hydrogen-bond acceptors (Lipinski definition) is 4. The first-order valence-corrected chi connectivity index (χ1v) is 12.3. The van der Waals surface area contributed by atoms with Gasteiger partial charge in [-0.05, 0) is 107 Å². The third kappa shape index (κ3) is 2.94. The van der Waals surface area contributed by atoms with Crippen LogP contribution in [0.3, 0.4) is 0 Å². The van der Waals surface area contributed by atoms with E-state index in [0.29, 0.717) is 12.4 Å². The zero-order chi connectivity index (χ0) is 20.4. The molecular formula is C23H30N2O3S.